The first-order chi connectivity index (χ1) is 10.3. The maximum Gasteiger partial charge on any atom is 0.230 e. The molecule has 1 aromatic carbocycles. The number of benzene rings is 1. The zero-order valence-electron chi connectivity index (χ0n) is 11.5. The molecule has 2 aromatic rings. The number of hydrogen-bond acceptors (Lipinski definition) is 6. The van der Waals surface area contributed by atoms with Crippen LogP contribution in [0.5, 0.6) is 0 Å². The summed E-state index contributed by atoms with van der Waals surface area (Å²) in [4.78, 5) is 17.8. The third-order valence-corrected chi connectivity index (χ3v) is 5.59. The maximum atomic E-state index is 12.0. The van der Waals surface area contributed by atoms with Crippen molar-refractivity contribution < 1.29 is 13.2 Å². The molecule has 1 unspecified atom stereocenters. The molecule has 22 heavy (non-hydrogen) atoms. The van der Waals surface area contributed by atoms with E-state index in [-0.39, 0.29) is 18.9 Å². The Morgan fingerprint density at radius 3 is 2.55 bits per heavy atom. The highest BCUT2D eigenvalue weighted by Crippen LogP contribution is 2.31. The van der Waals surface area contributed by atoms with E-state index in [1.54, 1.807) is 12.1 Å². The summed E-state index contributed by atoms with van der Waals surface area (Å²) in [6.45, 7) is 0.0480. The van der Waals surface area contributed by atoms with Gasteiger partial charge in [-0.2, -0.15) is 0 Å². The number of carbonyl (C=O) groups is 1. The fourth-order valence-electron chi connectivity index (χ4n) is 2.25. The van der Waals surface area contributed by atoms with Crippen LogP contribution in [0, 0.1) is 0 Å². The summed E-state index contributed by atoms with van der Waals surface area (Å²) >= 11 is 1.29. The van der Waals surface area contributed by atoms with Crippen molar-refractivity contribution in [2.45, 2.75) is 11.7 Å². The molecule has 1 fully saturated rings. The van der Waals surface area contributed by atoms with Crippen molar-refractivity contribution in [2.75, 3.05) is 17.2 Å². The molecule has 1 atom stereocenters. The molecule has 0 saturated carbocycles. The number of aromatic nitrogens is 1. The Morgan fingerprint density at radius 1 is 1.27 bits per heavy atom. The summed E-state index contributed by atoms with van der Waals surface area (Å²) < 4.78 is 22.8. The second-order valence-electron chi connectivity index (χ2n) is 5.06. The SMILES string of the molecule is Nc1ccc(-c2csc(N3CC(S(N)(=O)=O)CC3=O)n2)cc1. The van der Waals surface area contributed by atoms with Gasteiger partial charge >= 0.3 is 0 Å². The van der Waals surface area contributed by atoms with E-state index in [2.05, 4.69) is 4.98 Å². The van der Waals surface area contributed by atoms with Crippen molar-refractivity contribution in [2.24, 2.45) is 5.14 Å². The fourth-order valence-corrected chi connectivity index (χ4v) is 3.85. The van der Waals surface area contributed by atoms with Crippen LogP contribution in [-0.2, 0) is 14.8 Å². The summed E-state index contributed by atoms with van der Waals surface area (Å²) in [5, 5.41) is 6.54. The van der Waals surface area contributed by atoms with E-state index in [9.17, 15) is 13.2 Å². The second-order valence-corrected chi connectivity index (χ2v) is 7.74. The zero-order chi connectivity index (χ0) is 15.9. The van der Waals surface area contributed by atoms with Crippen molar-refractivity contribution in [3.8, 4) is 11.3 Å². The number of nitrogens with two attached hydrogens (primary N) is 2. The highest BCUT2D eigenvalue weighted by atomic mass is 32.2. The molecule has 1 aliphatic heterocycles. The average Bonchev–Trinajstić information content (AvgIpc) is 3.05. The van der Waals surface area contributed by atoms with Crippen LogP contribution in [0.3, 0.4) is 0 Å². The van der Waals surface area contributed by atoms with Crippen molar-refractivity contribution in [1.29, 1.82) is 0 Å². The largest absolute Gasteiger partial charge is 0.399 e. The van der Waals surface area contributed by atoms with Crippen LogP contribution in [0.2, 0.25) is 0 Å². The first-order valence-corrected chi connectivity index (χ1v) is 8.97. The van der Waals surface area contributed by atoms with Gasteiger partial charge in [-0.05, 0) is 12.1 Å². The minimum absolute atomic E-state index is 0.0480. The molecule has 7 nitrogen and oxygen atoms in total. The predicted octanol–water partition coefficient (Wildman–Crippen LogP) is 0.786. The molecule has 1 aliphatic rings. The van der Waals surface area contributed by atoms with Gasteiger partial charge in [0.1, 0.15) is 5.25 Å². The second kappa shape index (κ2) is 5.34. The molecule has 3 rings (SSSR count). The number of thiazole rings is 1. The summed E-state index contributed by atoms with van der Waals surface area (Å²) in [6, 6.07) is 7.22. The Labute approximate surface area is 131 Å². The highest BCUT2D eigenvalue weighted by Gasteiger charge is 2.38. The quantitative estimate of drug-likeness (QED) is 0.802. The van der Waals surface area contributed by atoms with E-state index in [1.165, 1.54) is 16.2 Å². The minimum Gasteiger partial charge on any atom is -0.399 e. The molecule has 1 saturated heterocycles. The third-order valence-electron chi connectivity index (χ3n) is 3.48. The molecule has 4 N–H and O–H groups in total. The third kappa shape index (κ3) is 2.82. The lowest BCUT2D eigenvalue weighted by molar-refractivity contribution is -0.117. The van der Waals surface area contributed by atoms with Gasteiger partial charge in [-0.1, -0.05) is 12.1 Å². The smallest absolute Gasteiger partial charge is 0.230 e. The number of sulfonamides is 1. The topological polar surface area (TPSA) is 119 Å². The molecule has 9 heteroatoms. The molecule has 0 spiro atoms. The van der Waals surface area contributed by atoms with E-state index in [0.717, 1.165) is 5.56 Å². The van der Waals surface area contributed by atoms with Crippen molar-refractivity contribution in [3.05, 3.63) is 29.6 Å². The zero-order valence-corrected chi connectivity index (χ0v) is 13.1. The van der Waals surface area contributed by atoms with Gasteiger partial charge in [0, 0.05) is 29.6 Å². The van der Waals surface area contributed by atoms with Gasteiger partial charge in [0.25, 0.3) is 0 Å². The molecular weight excluding hydrogens is 324 g/mol. The van der Waals surface area contributed by atoms with Crippen LogP contribution >= 0.6 is 11.3 Å². The van der Waals surface area contributed by atoms with E-state index >= 15 is 0 Å². The number of nitrogen functional groups attached to an aromatic ring is 1. The van der Waals surface area contributed by atoms with Crippen molar-refractivity contribution in [1.82, 2.24) is 4.98 Å². The Balaban J connectivity index is 1.85. The molecule has 0 bridgehead atoms. The fraction of sp³-hybridized carbons (Fsp3) is 0.231. The molecular formula is C13H14N4O3S2. The number of rotatable bonds is 3. The highest BCUT2D eigenvalue weighted by molar-refractivity contribution is 7.89. The van der Waals surface area contributed by atoms with Gasteiger partial charge in [0.05, 0.1) is 5.69 Å². The first-order valence-electron chi connectivity index (χ1n) is 6.48. The van der Waals surface area contributed by atoms with Crippen LogP contribution in [-0.4, -0.2) is 31.1 Å². The van der Waals surface area contributed by atoms with Crippen LogP contribution in [0.25, 0.3) is 11.3 Å². The van der Waals surface area contributed by atoms with Gasteiger partial charge < -0.3 is 5.73 Å². The van der Waals surface area contributed by atoms with E-state index < -0.39 is 15.3 Å². The standard InChI is InChI=1S/C13H14N4O3S2/c14-9-3-1-8(2-4-9)11-7-21-13(16-11)17-6-10(5-12(17)18)22(15,19)20/h1-4,7,10H,5-6,14H2,(H2,15,19,20). The Bertz CT molecular complexity index is 814. The summed E-state index contributed by atoms with van der Waals surface area (Å²) in [5.74, 6) is -0.280. The van der Waals surface area contributed by atoms with Crippen molar-refractivity contribution >= 4 is 38.1 Å². The number of anilines is 2. The van der Waals surface area contributed by atoms with Crippen LogP contribution < -0.4 is 15.8 Å². The van der Waals surface area contributed by atoms with Crippen LogP contribution in [0.4, 0.5) is 10.8 Å². The molecule has 2 heterocycles. The average molecular weight is 338 g/mol. The van der Waals surface area contributed by atoms with Gasteiger partial charge in [-0.25, -0.2) is 18.5 Å². The number of primary sulfonamides is 1. The van der Waals surface area contributed by atoms with E-state index in [1.807, 2.05) is 17.5 Å². The Kier molecular flexibility index (Phi) is 3.63. The predicted molar refractivity (Wildman–Crippen MR) is 85.8 cm³/mol. The lowest BCUT2D eigenvalue weighted by Crippen LogP contribution is -2.32. The van der Waals surface area contributed by atoms with Crippen LogP contribution in [0.1, 0.15) is 6.42 Å². The summed E-state index contributed by atoms with van der Waals surface area (Å²) in [5.41, 5.74) is 7.90. The number of amides is 1. The number of hydrogen-bond donors (Lipinski definition) is 2. The lowest BCUT2D eigenvalue weighted by atomic mass is 10.1. The van der Waals surface area contributed by atoms with Crippen LogP contribution in [0.15, 0.2) is 29.6 Å². The molecule has 0 aliphatic carbocycles. The van der Waals surface area contributed by atoms with Gasteiger partial charge in [0.2, 0.25) is 15.9 Å². The maximum absolute atomic E-state index is 12.0. The molecule has 116 valence electrons. The van der Waals surface area contributed by atoms with E-state index in [0.29, 0.717) is 16.5 Å². The Hall–Kier alpha value is -1.97. The Morgan fingerprint density at radius 2 is 1.95 bits per heavy atom. The lowest BCUT2D eigenvalue weighted by Gasteiger charge is -2.11. The van der Waals surface area contributed by atoms with Crippen molar-refractivity contribution in [3.63, 3.8) is 0 Å². The minimum atomic E-state index is -3.73. The van der Waals surface area contributed by atoms with Gasteiger partial charge in [-0.15, -0.1) is 11.3 Å². The monoisotopic (exact) mass is 338 g/mol. The molecule has 0 radical (unpaired) electrons. The number of nitrogens with zero attached hydrogens (tertiary/aromatic N) is 2. The summed E-state index contributed by atoms with van der Waals surface area (Å²) in [7, 11) is -3.73. The summed E-state index contributed by atoms with van der Waals surface area (Å²) in [6.07, 6.45) is -0.102. The van der Waals surface area contributed by atoms with Gasteiger partial charge in [0.15, 0.2) is 5.13 Å². The number of carbonyl (C=O) groups excluding carboxylic acids is 1. The first kappa shape index (κ1) is 14.9. The normalized spacial score (nSPS) is 18.9. The van der Waals surface area contributed by atoms with Gasteiger partial charge in [-0.3, -0.25) is 9.69 Å². The van der Waals surface area contributed by atoms with E-state index in [4.69, 9.17) is 10.9 Å². The molecule has 1 amide bonds. The molecule has 1 aromatic heterocycles.